The summed E-state index contributed by atoms with van der Waals surface area (Å²) >= 11 is 5.64. The lowest BCUT2D eigenvalue weighted by Gasteiger charge is -2.25. The molecule has 0 heterocycles. The molecular weight excluding hydrogens is 264 g/mol. The predicted octanol–water partition coefficient (Wildman–Crippen LogP) is 2.01. The van der Waals surface area contributed by atoms with Crippen LogP contribution in [-0.2, 0) is 9.59 Å². The first kappa shape index (κ1) is 15.5. The second-order valence-electron chi connectivity index (χ2n) is 4.31. The third-order valence-corrected chi connectivity index (χ3v) is 3.03. The van der Waals surface area contributed by atoms with Crippen LogP contribution in [0.5, 0.6) is 0 Å². The molecule has 0 aromatic heterocycles. The largest absolute Gasteiger partial charge is 0.355 e. The highest BCUT2D eigenvalue weighted by atomic mass is 35.5. The fourth-order valence-corrected chi connectivity index (χ4v) is 2.14. The minimum absolute atomic E-state index is 0.00884. The third kappa shape index (κ3) is 3.96. The topological polar surface area (TPSA) is 49.4 Å². The number of aryl methyl sites for hydroxylation is 2. The number of carbonyl (C=O) groups is 2. The zero-order chi connectivity index (χ0) is 14.4. The van der Waals surface area contributed by atoms with Crippen molar-refractivity contribution in [3.8, 4) is 0 Å². The van der Waals surface area contributed by atoms with E-state index in [9.17, 15) is 9.59 Å². The van der Waals surface area contributed by atoms with Crippen LogP contribution in [0.4, 0.5) is 5.69 Å². The highest BCUT2D eigenvalue weighted by molar-refractivity contribution is 6.29. The molecule has 0 aliphatic carbocycles. The summed E-state index contributed by atoms with van der Waals surface area (Å²) in [5.41, 5.74) is 2.66. The Bertz CT molecular complexity index is 454. The normalized spacial score (nSPS) is 10.1. The number of nitrogens with one attached hydrogen (secondary N) is 1. The monoisotopic (exact) mass is 282 g/mol. The molecule has 104 valence electrons. The van der Waals surface area contributed by atoms with Crippen LogP contribution in [0.25, 0.3) is 0 Å². The van der Waals surface area contributed by atoms with Crippen LogP contribution < -0.4 is 10.2 Å². The lowest BCUT2D eigenvalue weighted by molar-refractivity contribution is -0.122. The molecule has 0 saturated carbocycles. The Morgan fingerprint density at radius 1 is 1.26 bits per heavy atom. The molecule has 0 unspecified atom stereocenters. The summed E-state index contributed by atoms with van der Waals surface area (Å²) in [5, 5.41) is 2.69. The highest BCUT2D eigenvalue weighted by Crippen LogP contribution is 2.24. The molecule has 2 amide bonds. The summed E-state index contributed by atoms with van der Waals surface area (Å²) in [7, 11) is 0. The van der Waals surface area contributed by atoms with Crippen molar-refractivity contribution in [1.29, 1.82) is 0 Å². The van der Waals surface area contributed by atoms with Gasteiger partial charge in [0.15, 0.2) is 0 Å². The maximum absolute atomic E-state index is 12.0. The summed E-state index contributed by atoms with van der Waals surface area (Å²) in [4.78, 5) is 25.1. The number of carbonyl (C=O) groups excluding carboxylic acids is 2. The molecule has 0 radical (unpaired) electrons. The third-order valence-electron chi connectivity index (χ3n) is 2.80. The number of para-hydroxylation sites is 1. The van der Waals surface area contributed by atoms with Gasteiger partial charge in [-0.2, -0.15) is 0 Å². The van der Waals surface area contributed by atoms with Crippen LogP contribution in [-0.4, -0.2) is 30.8 Å². The Hall–Kier alpha value is -1.55. The average Bonchev–Trinajstić information content (AvgIpc) is 2.36. The van der Waals surface area contributed by atoms with Crippen LogP contribution in [0.1, 0.15) is 18.1 Å². The molecule has 0 saturated heterocycles. The molecule has 1 N–H and O–H groups in total. The van der Waals surface area contributed by atoms with Crippen molar-refractivity contribution in [3.63, 3.8) is 0 Å². The smallest absolute Gasteiger partial charge is 0.242 e. The van der Waals surface area contributed by atoms with E-state index in [2.05, 4.69) is 5.32 Å². The number of halogens is 1. The van der Waals surface area contributed by atoms with Gasteiger partial charge in [0.1, 0.15) is 12.4 Å². The Morgan fingerprint density at radius 3 is 2.32 bits per heavy atom. The van der Waals surface area contributed by atoms with Crippen molar-refractivity contribution in [2.75, 3.05) is 23.9 Å². The van der Waals surface area contributed by atoms with E-state index >= 15 is 0 Å². The summed E-state index contributed by atoms with van der Waals surface area (Å²) in [6.45, 7) is 6.19. The van der Waals surface area contributed by atoms with Gasteiger partial charge in [-0.3, -0.25) is 9.59 Å². The van der Waals surface area contributed by atoms with Gasteiger partial charge in [0.25, 0.3) is 0 Å². The van der Waals surface area contributed by atoms with Gasteiger partial charge >= 0.3 is 0 Å². The van der Waals surface area contributed by atoms with Gasteiger partial charge in [-0.1, -0.05) is 18.2 Å². The number of hydrogen-bond donors (Lipinski definition) is 1. The zero-order valence-electron chi connectivity index (χ0n) is 11.5. The van der Waals surface area contributed by atoms with Gasteiger partial charge in [-0.05, 0) is 31.9 Å². The van der Waals surface area contributed by atoms with Crippen LogP contribution >= 0.6 is 11.6 Å². The first-order chi connectivity index (χ1) is 9.01. The number of likely N-dealkylation sites (N-methyl/N-ethyl adjacent to an activating group) is 1. The Labute approximate surface area is 118 Å². The molecule has 1 aromatic carbocycles. The van der Waals surface area contributed by atoms with Crippen molar-refractivity contribution in [2.45, 2.75) is 20.8 Å². The lowest BCUT2D eigenvalue weighted by Crippen LogP contribution is -2.42. The van der Waals surface area contributed by atoms with Crippen LogP contribution in [0.2, 0.25) is 0 Å². The van der Waals surface area contributed by atoms with E-state index in [0.717, 1.165) is 16.8 Å². The second kappa shape index (κ2) is 7.14. The van der Waals surface area contributed by atoms with Crippen LogP contribution in [0.15, 0.2) is 18.2 Å². The quantitative estimate of drug-likeness (QED) is 0.840. The summed E-state index contributed by atoms with van der Waals surface area (Å²) in [6, 6.07) is 5.74. The number of rotatable bonds is 5. The highest BCUT2D eigenvalue weighted by Gasteiger charge is 2.21. The molecule has 4 nitrogen and oxygen atoms in total. The predicted molar refractivity (Wildman–Crippen MR) is 77.7 cm³/mol. The van der Waals surface area contributed by atoms with Gasteiger partial charge in [-0.15, -0.1) is 11.6 Å². The van der Waals surface area contributed by atoms with Crippen molar-refractivity contribution < 1.29 is 9.59 Å². The van der Waals surface area contributed by atoms with Gasteiger partial charge in [0.05, 0.1) is 5.69 Å². The fourth-order valence-electron chi connectivity index (χ4n) is 1.99. The molecular formula is C14H19ClN2O2. The van der Waals surface area contributed by atoms with Crippen molar-refractivity contribution in [1.82, 2.24) is 5.32 Å². The van der Waals surface area contributed by atoms with Gasteiger partial charge in [0, 0.05) is 6.54 Å². The van der Waals surface area contributed by atoms with Crippen LogP contribution in [0.3, 0.4) is 0 Å². The average molecular weight is 283 g/mol. The van der Waals surface area contributed by atoms with Gasteiger partial charge in [-0.25, -0.2) is 0 Å². The Balaban J connectivity index is 3.10. The minimum Gasteiger partial charge on any atom is -0.355 e. The second-order valence-corrected chi connectivity index (χ2v) is 4.57. The van der Waals surface area contributed by atoms with E-state index in [-0.39, 0.29) is 24.2 Å². The zero-order valence-corrected chi connectivity index (χ0v) is 12.3. The minimum atomic E-state index is -0.273. The standard InChI is InChI=1S/C14H19ClN2O2/c1-4-16-12(18)9-17(13(19)8-15)14-10(2)6-5-7-11(14)3/h5-7H,4,8-9H2,1-3H3,(H,16,18). The maximum Gasteiger partial charge on any atom is 0.242 e. The van der Waals surface area contributed by atoms with Crippen molar-refractivity contribution >= 4 is 29.1 Å². The van der Waals surface area contributed by atoms with E-state index in [0.29, 0.717) is 6.54 Å². The number of anilines is 1. The number of nitrogens with zero attached hydrogens (tertiary/aromatic N) is 1. The molecule has 5 heteroatoms. The number of hydrogen-bond acceptors (Lipinski definition) is 2. The Morgan fingerprint density at radius 2 is 1.84 bits per heavy atom. The molecule has 0 spiro atoms. The molecule has 0 aliphatic rings. The molecule has 19 heavy (non-hydrogen) atoms. The van der Waals surface area contributed by atoms with E-state index in [4.69, 9.17) is 11.6 Å². The molecule has 0 aliphatic heterocycles. The summed E-state index contributed by atoms with van der Waals surface area (Å²) in [6.07, 6.45) is 0. The molecule has 0 fully saturated rings. The fraction of sp³-hybridized carbons (Fsp3) is 0.429. The summed E-state index contributed by atoms with van der Waals surface area (Å²) in [5.74, 6) is -0.610. The van der Waals surface area contributed by atoms with E-state index in [1.165, 1.54) is 4.90 Å². The maximum atomic E-state index is 12.0. The van der Waals surface area contributed by atoms with Crippen molar-refractivity contribution in [3.05, 3.63) is 29.3 Å². The molecule has 0 atom stereocenters. The van der Waals surface area contributed by atoms with E-state index in [1.54, 1.807) is 0 Å². The molecule has 1 aromatic rings. The number of benzene rings is 1. The van der Waals surface area contributed by atoms with Gasteiger partial charge in [0.2, 0.25) is 11.8 Å². The van der Waals surface area contributed by atoms with Crippen molar-refractivity contribution in [2.24, 2.45) is 0 Å². The number of amides is 2. The molecule has 0 bridgehead atoms. The van der Waals surface area contributed by atoms with E-state index in [1.807, 2.05) is 39.0 Å². The number of alkyl halides is 1. The summed E-state index contributed by atoms with van der Waals surface area (Å²) < 4.78 is 0. The van der Waals surface area contributed by atoms with Gasteiger partial charge < -0.3 is 10.2 Å². The van der Waals surface area contributed by atoms with E-state index < -0.39 is 0 Å². The SMILES string of the molecule is CCNC(=O)CN(C(=O)CCl)c1c(C)cccc1C. The first-order valence-corrected chi connectivity index (χ1v) is 6.74. The molecule has 1 rings (SSSR count). The van der Waals surface area contributed by atoms with Crippen LogP contribution in [0, 0.1) is 13.8 Å². The first-order valence-electron chi connectivity index (χ1n) is 6.20. The lowest BCUT2D eigenvalue weighted by atomic mass is 10.1. The Kier molecular flexibility index (Phi) is 5.83.